The Hall–Kier alpha value is -2.18. The molecule has 0 saturated carbocycles. The van der Waals surface area contributed by atoms with Crippen LogP contribution in [0.5, 0.6) is 0 Å². The second-order valence-electron chi connectivity index (χ2n) is 4.93. The van der Waals surface area contributed by atoms with Gasteiger partial charge in [0.1, 0.15) is 0 Å². The van der Waals surface area contributed by atoms with Gasteiger partial charge in [-0.2, -0.15) is 0 Å². The van der Waals surface area contributed by atoms with E-state index in [0.29, 0.717) is 5.69 Å². The minimum Gasteiger partial charge on any atom is -0.314 e. The third kappa shape index (κ3) is 3.93. The van der Waals surface area contributed by atoms with E-state index in [-0.39, 0.29) is 17.3 Å². The van der Waals surface area contributed by atoms with Gasteiger partial charge in [-0.25, -0.2) is 13.1 Å². The fraction of sp³-hybridized carbons (Fsp3) is 0.188. The molecule has 0 radical (unpaired) electrons. The first-order valence-electron chi connectivity index (χ1n) is 6.78. The van der Waals surface area contributed by atoms with Gasteiger partial charge in [0.15, 0.2) is 0 Å². The average molecular weight is 318 g/mol. The van der Waals surface area contributed by atoms with E-state index in [0.717, 1.165) is 5.56 Å². The first-order valence-corrected chi connectivity index (χ1v) is 8.26. The van der Waals surface area contributed by atoms with Gasteiger partial charge in [0.2, 0.25) is 15.9 Å². The predicted octanol–water partition coefficient (Wildman–Crippen LogP) is 1.94. The molecule has 0 aliphatic rings. The Kier molecular flexibility index (Phi) is 4.95. The van der Waals surface area contributed by atoms with Crippen molar-refractivity contribution in [1.29, 1.82) is 0 Å². The number of hydrogen-bond donors (Lipinski definition) is 1. The molecule has 0 saturated heterocycles. The number of anilines is 1. The number of benzene rings is 2. The van der Waals surface area contributed by atoms with Crippen LogP contribution in [0.15, 0.2) is 59.5 Å². The molecule has 0 aliphatic carbocycles. The number of aryl methyl sites for hydroxylation is 1. The zero-order valence-corrected chi connectivity index (χ0v) is 13.3. The lowest BCUT2D eigenvalue weighted by Gasteiger charge is -2.17. The van der Waals surface area contributed by atoms with Gasteiger partial charge >= 0.3 is 0 Å². The highest BCUT2D eigenvalue weighted by atomic mass is 32.2. The standard InChI is InChI=1S/C16H18N2O3S/c1-13-8-10-15(11-9-13)22(20,21)17-12-16(19)18(2)14-6-4-3-5-7-14/h3-11,17H,12H2,1-2H3. The molecule has 0 bridgehead atoms. The molecule has 2 aromatic rings. The van der Waals surface area contributed by atoms with Crippen molar-refractivity contribution in [3.8, 4) is 0 Å². The van der Waals surface area contributed by atoms with Gasteiger partial charge < -0.3 is 4.90 Å². The van der Waals surface area contributed by atoms with Crippen LogP contribution in [0.4, 0.5) is 5.69 Å². The highest BCUT2D eigenvalue weighted by Gasteiger charge is 2.17. The Labute approximate surface area is 130 Å². The molecule has 0 unspecified atom stereocenters. The van der Waals surface area contributed by atoms with Gasteiger partial charge in [0.25, 0.3) is 0 Å². The molecule has 1 N–H and O–H groups in total. The summed E-state index contributed by atoms with van der Waals surface area (Å²) in [5.74, 6) is -0.332. The highest BCUT2D eigenvalue weighted by Crippen LogP contribution is 2.12. The molecule has 0 heterocycles. The molecular formula is C16H18N2O3S. The van der Waals surface area contributed by atoms with Gasteiger partial charge in [-0.1, -0.05) is 35.9 Å². The molecule has 0 aliphatic heterocycles. The summed E-state index contributed by atoms with van der Waals surface area (Å²) in [6.07, 6.45) is 0. The number of carbonyl (C=O) groups excluding carboxylic acids is 1. The maximum Gasteiger partial charge on any atom is 0.241 e. The molecule has 116 valence electrons. The Balaban J connectivity index is 2.02. The zero-order valence-electron chi connectivity index (χ0n) is 12.5. The zero-order chi connectivity index (χ0) is 16.2. The molecule has 6 heteroatoms. The first-order chi connectivity index (χ1) is 10.4. The molecule has 0 spiro atoms. The van der Waals surface area contributed by atoms with E-state index in [4.69, 9.17) is 0 Å². The third-order valence-corrected chi connectivity index (χ3v) is 4.68. The molecule has 0 aromatic heterocycles. The molecular weight excluding hydrogens is 300 g/mol. The summed E-state index contributed by atoms with van der Waals surface area (Å²) >= 11 is 0. The van der Waals surface area contributed by atoms with Crippen LogP contribution in [0.3, 0.4) is 0 Å². The van der Waals surface area contributed by atoms with Crippen LogP contribution < -0.4 is 9.62 Å². The number of nitrogens with zero attached hydrogens (tertiary/aromatic N) is 1. The van der Waals surface area contributed by atoms with Gasteiger partial charge in [0.05, 0.1) is 11.4 Å². The van der Waals surface area contributed by atoms with E-state index in [2.05, 4.69) is 4.72 Å². The molecule has 2 rings (SSSR count). The highest BCUT2D eigenvalue weighted by molar-refractivity contribution is 7.89. The SMILES string of the molecule is Cc1ccc(S(=O)(=O)NCC(=O)N(C)c2ccccc2)cc1. The Morgan fingerprint density at radius 1 is 1.05 bits per heavy atom. The largest absolute Gasteiger partial charge is 0.314 e. The van der Waals surface area contributed by atoms with E-state index in [1.54, 1.807) is 31.3 Å². The summed E-state index contributed by atoms with van der Waals surface area (Å²) in [7, 11) is -2.08. The van der Waals surface area contributed by atoms with Gasteiger partial charge in [-0.3, -0.25) is 4.79 Å². The van der Waals surface area contributed by atoms with Crippen molar-refractivity contribution in [3.63, 3.8) is 0 Å². The number of rotatable bonds is 5. The molecule has 0 fully saturated rings. The first kappa shape index (κ1) is 16.2. The summed E-state index contributed by atoms with van der Waals surface area (Å²) in [5, 5.41) is 0. The van der Waals surface area contributed by atoms with E-state index >= 15 is 0 Å². The molecule has 0 atom stereocenters. The number of amides is 1. The van der Waals surface area contributed by atoms with E-state index in [9.17, 15) is 13.2 Å². The Morgan fingerprint density at radius 3 is 2.23 bits per heavy atom. The number of para-hydroxylation sites is 1. The summed E-state index contributed by atoms with van der Waals surface area (Å²) < 4.78 is 26.6. The van der Waals surface area contributed by atoms with Crippen LogP contribution in [0.25, 0.3) is 0 Å². The third-order valence-electron chi connectivity index (χ3n) is 3.26. The van der Waals surface area contributed by atoms with Crippen molar-refractivity contribution in [3.05, 3.63) is 60.2 Å². The maximum atomic E-state index is 12.1. The van der Waals surface area contributed by atoms with Crippen LogP contribution in [0.1, 0.15) is 5.56 Å². The summed E-state index contributed by atoms with van der Waals surface area (Å²) in [5.41, 5.74) is 1.68. The van der Waals surface area contributed by atoms with Crippen LogP contribution >= 0.6 is 0 Å². The smallest absolute Gasteiger partial charge is 0.241 e. The number of carbonyl (C=O) groups is 1. The van der Waals surface area contributed by atoms with Gasteiger partial charge in [-0.05, 0) is 31.2 Å². The quantitative estimate of drug-likeness (QED) is 0.916. The summed E-state index contributed by atoms with van der Waals surface area (Å²) in [4.78, 5) is 13.6. The number of sulfonamides is 1. The van der Waals surface area contributed by atoms with Crippen molar-refractivity contribution in [2.24, 2.45) is 0 Å². The van der Waals surface area contributed by atoms with Crippen LogP contribution in [-0.2, 0) is 14.8 Å². The topological polar surface area (TPSA) is 66.5 Å². The molecule has 5 nitrogen and oxygen atoms in total. The monoisotopic (exact) mass is 318 g/mol. The van der Waals surface area contributed by atoms with Crippen LogP contribution in [-0.4, -0.2) is 27.9 Å². The van der Waals surface area contributed by atoms with E-state index < -0.39 is 10.0 Å². The van der Waals surface area contributed by atoms with Crippen molar-refractivity contribution < 1.29 is 13.2 Å². The van der Waals surface area contributed by atoms with E-state index in [1.165, 1.54) is 17.0 Å². The van der Waals surface area contributed by atoms with Crippen molar-refractivity contribution in [2.45, 2.75) is 11.8 Å². The predicted molar refractivity (Wildman–Crippen MR) is 86.2 cm³/mol. The van der Waals surface area contributed by atoms with Crippen LogP contribution in [0, 0.1) is 6.92 Å². The second-order valence-corrected chi connectivity index (χ2v) is 6.69. The van der Waals surface area contributed by atoms with Gasteiger partial charge in [0, 0.05) is 12.7 Å². The normalized spacial score (nSPS) is 11.2. The van der Waals surface area contributed by atoms with E-state index in [1.807, 2.05) is 25.1 Å². The number of hydrogen-bond acceptors (Lipinski definition) is 3. The fourth-order valence-electron chi connectivity index (χ4n) is 1.87. The fourth-order valence-corrected chi connectivity index (χ4v) is 2.85. The molecule has 22 heavy (non-hydrogen) atoms. The van der Waals surface area contributed by atoms with Crippen molar-refractivity contribution in [1.82, 2.24) is 4.72 Å². The van der Waals surface area contributed by atoms with Crippen molar-refractivity contribution >= 4 is 21.6 Å². The lowest BCUT2D eigenvalue weighted by molar-refractivity contribution is -0.117. The second kappa shape index (κ2) is 6.72. The number of nitrogens with one attached hydrogen (secondary N) is 1. The lowest BCUT2D eigenvalue weighted by Crippen LogP contribution is -2.38. The molecule has 1 amide bonds. The molecule has 2 aromatic carbocycles. The van der Waals surface area contributed by atoms with Gasteiger partial charge in [-0.15, -0.1) is 0 Å². The Morgan fingerprint density at radius 2 is 1.64 bits per heavy atom. The minimum absolute atomic E-state index is 0.147. The number of likely N-dealkylation sites (N-methyl/N-ethyl adjacent to an activating group) is 1. The summed E-state index contributed by atoms with van der Waals surface area (Å²) in [6, 6.07) is 15.5. The maximum absolute atomic E-state index is 12.1. The minimum atomic E-state index is -3.69. The Bertz CT molecular complexity index is 741. The van der Waals surface area contributed by atoms with Crippen molar-refractivity contribution in [2.75, 3.05) is 18.5 Å². The summed E-state index contributed by atoms with van der Waals surface area (Å²) in [6.45, 7) is 1.59. The lowest BCUT2D eigenvalue weighted by atomic mass is 10.2. The average Bonchev–Trinajstić information content (AvgIpc) is 2.53. The van der Waals surface area contributed by atoms with Crippen LogP contribution in [0.2, 0.25) is 0 Å².